The molecule has 10 heteroatoms. The summed E-state index contributed by atoms with van der Waals surface area (Å²) in [4.78, 5) is 2.10. The highest BCUT2D eigenvalue weighted by molar-refractivity contribution is 8.12. The van der Waals surface area contributed by atoms with E-state index in [1.807, 2.05) is 4.83 Å². The molecule has 0 saturated heterocycles. The highest BCUT2D eigenvalue weighted by Gasteiger charge is 2.03. The quantitative estimate of drug-likeness (QED) is 0.596. The number of nitrogens with two attached hydrogens (primary N) is 1. The van der Waals surface area contributed by atoms with Crippen molar-refractivity contribution in [1.82, 2.24) is 9.84 Å². The minimum absolute atomic E-state index is 0.148. The number of hydrogen-bond acceptors (Lipinski definition) is 5. The Balaban J connectivity index is 0.000000331. The van der Waals surface area contributed by atoms with Gasteiger partial charge >= 0.3 is 9.24 Å². The van der Waals surface area contributed by atoms with Gasteiger partial charge in [0.05, 0.1) is 4.90 Å². The van der Waals surface area contributed by atoms with Gasteiger partial charge in [0.2, 0.25) is 10.0 Å². The van der Waals surface area contributed by atoms with Crippen LogP contribution >= 0.6 is 10.7 Å². The third kappa shape index (κ3) is 9.33. The van der Waals surface area contributed by atoms with E-state index in [1.54, 1.807) is 18.2 Å². The number of nitrogens with one attached hydrogen (secondary N) is 1. The Morgan fingerprint density at radius 3 is 1.72 bits per heavy atom. The molecule has 0 spiro atoms. The van der Waals surface area contributed by atoms with Crippen molar-refractivity contribution in [3.8, 4) is 0 Å². The minimum atomic E-state index is -3.58. The van der Waals surface area contributed by atoms with Gasteiger partial charge in [-0.05, 0) is 12.1 Å². The molecule has 0 fully saturated rings. The topological polar surface area (TPSA) is 110 Å². The van der Waals surface area contributed by atoms with Crippen LogP contribution in [-0.2, 0) is 19.3 Å². The molecular formula is C8H14ClN3O4S2. The first-order valence-corrected chi connectivity index (χ1v) is 8.35. The summed E-state index contributed by atoms with van der Waals surface area (Å²) in [5, 5.41) is 6.07. The van der Waals surface area contributed by atoms with Crippen molar-refractivity contribution in [3.05, 3.63) is 30.3 Å². The number of rotatable bonds is 3. The molecule has 3 N–H and O–H groups in total. The lowest BCUT2D eigenvalue weighted by molar-refractivity contribution is 0.368. The van der Waals surface area contributed by atoms with Gasteiger partial charge in [-0.1, -0.05) is 18.2 Å². The van der Waals surface area contributed by atoms with E-state index in [1.165, 1.54) is 31.2 Å². The average molecular weight is 316 g/mol. The zero-order valence-corrected chi connectivity index (χ0v) is 12.1. The molecule has 0 heterocycles. The maximum Gasteiger partial charge on any atom is 0.310 e. The summed E-state index contributed by atoms with van der Waals surface area (Å²) in [5.74, 6) is 0. The number of halogens is 1. The summed E-state index contributed by atoms with van der Waals surface area (Å²) in [5.41, 5.74) is 0. The molecule has 0 radical (unpaired) electrons. The van der Waals surface area contributed by atoms with Gasteiger partial charge in [0.15, 0.2) is 0 Å². The molecular weight excluding hydrogens is 302 g/mol. The predicted octanol–water partition coefficient (Wildman–Crippen LogP) is -0.130. The van der Waals surface area contributed by atoms with Gasteiger partial charge in [0.1, 0.15) is 0 Å². The number of nitrogens with zero attached hydrogens (tertiary/aromatic N) is 1. The van der Waals surface area contributed by atoms with E-state index in [9.17, 15) is 16.8 Å². The lowest BCUT2D eigenvalue weighted by atomic mass is 10.4. The van der Waals surface area contributed by atoms with Gasteiger partial charge in [-0.25, -0.2) is 18.6 Å². The average Bonchev–Trinajstić information content (AvgIpc) is 2.14. The van der Waals surface area contributed by atoms with Gasteiger partial charge in [-0.3, -0.25) is 0 Å². The van der Waals surface area contributed by atoms with Crippen LogP contribution in [0.15, 0.2) is 35.2 Å². The molecule has 18 heavy (non-hydrogen) atoms. The van der Waals surface area contributed by atoms with Crippen LogP contribution in [0.1, 0.15) is 0 Å². The number of hydrogen-bond donors (Lipinski definition) is 2. The molecule has 0 atom stereocenters. The largest absolute Gasteiger partial charge is 0.310 e. The molecule has 7 nitrogen and oxygen atoms in total. The van der Waals surface area contributed by atoms with Crippen LogP contribution in [0.5, 0.6) is 0 Å². The number of benzene rings is 1. The molecule has 1 rings (SSSR count). The molecule has 0 amide bonds. The second kappa shape index (κ2) is 7.02. The molecule has 0 aliphatic heterocycles. The fourth-order valence-corrected chi connectivity index (χ4v) is 2.21. The number of sulfonamides is 1. The van der Waals surface area contributed by atoms with Crippen molar-refractivity contribution in [3.63, 3.8) is 0 Å². The summed E-state index contributed by atoms with van der Waals surface area (Å²) >= 11 is 0. The zero-order valence-electron chi connectivity index (χ0n) is 9.74. The number of hydrazine groups is 1. The number of primary sulfonamides is 1. The van der Waals surface area contributed by atoms with E-state index in [-0.39, 0.29) is 4.90 Å². The minimum Gasteiger partial charge on any atom is -0.236 e. The Morgan fingerprint density at radius 2 is 1.56 bits per heavy atom. The summed E-state index contributed by atoms with van der Waals surface area (Å²) in [6.07, 6.45) is 0. The molecule has 1 aromatic rings. The van der Waals surface area contributed by atoms with Crippen molar-refractivity contribution >= 4 is 29.9 Å². The lowest BCUT2D eigenvalue weighted by Gasteiger charge is -2.05. The summed E-state index contributed by atoms with van der Waals surface area (Å²) < 4.78 is 41.3. The maximum atomic E-state index is 10.6. The monoisotopic (exact) mass is 315 g/mol. The fraction of sp³-hybridized carbons (Fsp3) is 0.250. The second-order valence-electron chi connectivity index (χ2n) is 3.28. The van der Waals surface area contributed by atoms with E-state index in [0.717, 1.165) is 0 Å². The van der Waals surface area contributed by atoms with Gasteiger partial charge in [-0.15, -0.1) is 4.83 Å². The first-order chi connectivity index (χ1) is 8.02. The first kappa shape index (κ1) is 17.3. The van der Waals surface area contributed by atoms with Gasteiger partial charge in [0.25, 0.3) is 0 Å². The van der Waals surface area contributed by atoms with E-state index < -0.39 is 19.3 Å². The van der Waals surface area contributed by atoms with Crippen LogP contribution in [0.25, 0.3) is 0 Å². The molecule has 0 aliphatic carbocycles. The SMILES string of the molecule is CN(C)NS(=O)(=O)Cl.NS(=O)(=O)c1ccccc1. The maximum absolute atomic E-state index is 10.6. The zero-order chi connectivity index (χ0) is 14.4. The molecule has 0 aromatic heterocycles. The normalized spacial score (nSPS) is 11.8. The summed E-state index contributed by atoms with van der Waals surface area (Å²) in [6.45, 7) is 0. The summed E-state index contributed by atoms with van der Waals surface area (Å²) in [7, 11) is 0.725. The highest BCUT2D eigenvalue weighted by atomic mass is 35.7. The Labute approximate surface area is 111 Å². The van der Waals surface area contributed by atoms with Crippen LogP contribution in [0, 0.1) is 0 Å². The van der Waals surface area contributed by atoms with Gasteiger partial charge in [-0.2, -0.15) is 8.42 Å². The van der Waals surface area contributed by atoms with Gasteiger partial charge < -0.3 is 0 Å². The standard InChI is InChI=1S/C6H7NO2S.C2H7ClN2O2S/c7-10(8,9)6-4-2-1-3-5-6;1-5(2)4-8(3,6)7/h1-5H,(H2,7,8,9);4H,1-2H3. The Bertz CT molecular complexity index is 557. The van der Waals surface area contributed by atoms with Crippen molar-refractivity contribution in [1.29, 1.82) is 0 Å². The van der Waals surface area contributed by atoms with E-state index in [4.69, 9.17) is 15.8 Å². The van der Waals surface area contributed by atoms with Crippen molar-refractivity contribution < 1.29 is 16.8 Å². The predicted molar refractivity (Wildman–Crippen MR) is 69.4 cm³/mol. The van der Waals surface area contributed by atoms with Crippen LogP contribution in [0.4, 0.5) is 0 Å². The van der Waals surface area contributed by atoms with Crippen LogP contribution in [0.2, 0.25) is 0 Å². The van der Waals surface area contributed by atoms with E-state index in [0.29, 0.717) is 0 Å². The molecule has 0 aliphatic rings. The molecule has 0 bridgehead atoms. The van der Waals surface area contributed by atoms with Gasteiger partial charge in [0, 0.05) is 24.8 Å². The van der Waals surface area contributed by atoms with Crippen LogP contribution in [0.3, 0.4) is 0 Å². The van der Waals surface area contributed by atoms with E-state index >= 15 is 0 Å². The highest BCUT2D eigenvalue weighted by Crippen LogP contribution is 2.03. The molecule has 1 aromatic carbocycles. The second-order valence-corrected chi connectivity index (χ2v) is 7.12. The van der Waals surface area contributed by atoms with Crippen LogP contribution < -0.4 is 9.97 Å². The Hall–Kier alpha value is -0.710. The third-order valence-corrected chi connectivity index (χ3v) is 3.08. The summed E-state index contributed by atoms with van der Waals surface area (Å²) in [6, 6.07) is 7.89. The van der Waals surface area contributed by atoms with E-state index in [2.05, 4.69) is 0 Å². The smallest absolute Gasteiger partial charge is 0.236 e. The van der Waals surface area contributed by atoms with Crippen LogP contribution in [-0.4, -0.2) is 35.9 Å². The first-order valence-electron chi connectivity index (χ1n) is 4.49. The molecule has 0 saturated carbocycles. The Kier molecular flexibility index (Phi) is 6.74. The molecule has 0 unspecified atom stereocenters. The van der Waals surface area contributed by atoms with Crippen molar-refractivity contribution in [2.75, 3.05) is 14.1 Å². The molecule has 104 valence electrons. The fourth-order valence-electron chi connectivity index (χ4n) is 0.828. The van der Waals surface area contributed by atoms with Crippen molar-refractivity contribution in [2.45, 2.75) is 4.90 Å². The Morgan fingerprint density at radius 1 is 1.11 bits per heavy atom. The third-order valence-electron chi connectivity index (χ3n) is 1.36. The lowest BCUT2D eigenvalue weighted by Crippen LogP contribution is -2.32. The van der Waals surface area contributed by atoms with Crippen molar-refractivity contribution in [2.24, 2.45) is 5.14 Å².